The number of halogens is 4. The first kappa shape index (κ1) is 31.2. The first-order chi connectivity index (χ1) is 19.3. The van der Waals surface area contributed by atoms with Crippen LogP contribution in [-0.4, -0.2) is 48.2 Å². The lowest BCUT2D eigenvalue weighted by Crippen LogP contribution is -2.32. The second kappa shape index (κ2) is 14.9. The van der Waals surface area contributed by atoms with E-state index in [0.717, 1.165) is 42.7 Å². The van der Waals surface area contributed by atoms with E-state index in [1.54, 1.807) is 6.20 Å². The largest absolute Gasteiger partial charge is 0.415 e. The molecular weight excluding hydrogens is 543 g/mol. The van der Waals surface area contributed by atoms with E-state index in [1.807, 2.05) is 45.9 Å². The van der Waals surface area contributed by atoms with E-state index >= 15 is 0 Å². The molecule has 0 amide bonds. The van der Waals surface area contributed by atoms with Gasteiger partial charge in [-0.2, -0.15) is 8.78 Å². The lowest BCUT2D eigenvalue weighted by Gasteiger charge is -2.30. The molecule has 1 aliphatic heterocycles. The van der Waals surface area contributed by atoms with Crippen molar-refractivity contribution in [2.24, 2.45) is 5.92 Å². The van der Waals surface area contributed by atoms with Crippen molar-refractivity contribution in [2.45, 2.75) is 67.0 Å². The van der Waals surface area contributed by atoms with Crippen molar-refractivity contribution >= 4 is 11.6 Å². The van der Waals surface area contributed by atoms with Gasteiger partial charge in [-0.3, -0.25) is 9.88 Å². The van der Waals surface area contributed by atoms with Gasteiger partial charge >= 0.3 is 6.43 Å². The van der Waals surface area contributed by atoms with E-state index in [4.69, 9.17) is 16.0 Å². The number of likely N-dealkylation sites (tertiary alicyclic amines) is 1. The van der Waals surface area contributed by atoms with Crippen LogP contribution in [-0.2, 0) is 13.1 Å². The first-order valence-corrected chi connectivity index (χ1v) is 13.9. The highest BCUT2D eigenvalue weighted by molar-refractivity contribution is 6.30. The molecule has 3 aromatic heterocycles. The van der Waals surface area contributed by atoms with Crippen molar-refractivity contribution in [1.29, 1.82) is 0 Å². The molecule has 4 heterocycles. The van der Waals surface area contributed by atoms with Gasteiger partial charge in [-0.1, -0.05) is 51.4 Å². The fourth-order valence-corrected chi connectivity index (χ4v) is 4.43. The smallest absolute Gasteiger partial charge is 0.314 e. The predicted molar refractivity (Wildman–Crippen MR) is 148 cm³/mol. The summed E-state index contributed by atoms with van der Waals surface area (Å²) < 4.78 is 46.3. The summed E-state index contributed by atoms with van der Waals surface area (Å²) in [7, 11) is 0. The van der Waals surface area contributed by atoms with Crippen LogP contribution >= 0.6 is 11.6 Å². The van der Waals surface area contributed by atoms with Gasteiger partial charge in [0.1, 0.15) is 11.5 Å². The quantitative estimate of drug-likeness (QED) is 0.225. The first-order valence-electron chi connectivity index (χ1n) is 13.5. The highest BCUT2D eigenvalue weighted by Crippen LogP contribution is 2.27. The SMILES string of the molecule is CC.CC.CC1CCN(Cc2cc(Cl)cc(-c3cn(Cc4ncc(-c5nnc(C(F)F)o5)cc4F)nn3)c2)CC1. The zero-order valence-electron chi connectivity index (χ0n) is 23.4. The molecule has 0 aliphatic carbocycles. The number of hydrogen-bond acceptors (Lipinski definition) is 7. The zero-order chi connectivity index (χ0) is 29.2. The Hall–Kier alpha value is -3.31. The average molecular weight is 578 g/mol. The molecule has 8 nitrogen and oxygen atoms in total. The molecule has 12 heteroatoms. The molecule has 40 heavy (non-hydrogen) atoms. The Morgan fingerprint density at radius 3 is 2.35 bits per heavy atom. The molecule has 1 aromatic carbocycles. The Labute approximate surface area is 237 Å². The Kier molecular flexibility index (Phi) is 11.6. The van der Waals surface area contributed by atoms with E-state index in [0.29, 0.717) is 10.7 Å². The monoisotopic (exact) mass is 577 g/mol. The fraction of sp³-hybridized carbons (Fsp3) is 0.464. The van der Waals surface area contributed by atoms with Crippen molar-refractivity contribution in [2.75, 3.05) is 13.1 Å². The molecular formula is C28H35ClF3N7O. The van der Waals surface area contributed by atoms with Crippen molar-refractivity contribution < 1.29 is 17.6 Å². The van der Waals surface area contributed by atoms with Gasteiger partial charge in [0.05, 0.1) is 24.0 Å². The molecule has 216 valence electrons. The van der Waals surface area contributed by atoms with Crippen LogP contribution < -0.4 is 0 Å². The zero-order valence-corrected chi connectivity index (χ0v) is 24.2. The number of rotatable bonds is 7. The van der Waals surface area contributed by atoms with Crippen molar-refractivity contribution in [3.8, 4) is 22.7 Å². The van der Waals surface area contributed by atoms with Gasteiger partial charge in [0.2, 0.25) is 5.89 Å². The highest BCUT2D eigenvalue weighted by Gasteiger charge is 2.19. The molecule has 0 spiro atoms. The van der Waals surface area contributed by atoms with Crippen LogP contribution in [0.1, 0.15) is 71.0 Å². The maximum atomic E-state index is 14.7. The fourth-order valence-electron chi connectivity index (χ4n) is 4.17. The lowest BCUT2D eigenvalue weighted by molar-refractivity contribution is 0.116. The van der Waals surface area contributed by atoms with Crippen LogP contribution in [0.3, 0.4) is 0 Å². The van der Waals surface area contributed by atoms with Gasteiger partial charge in [0.25, 0.3) is 5.89 Å². The maximum Gasteiger partial charge on any atom is 0.314 e. The molecule has 1 fully saturated rings. The highest BCUT2D eigenvalue weighted by atomic mass is 35.5. The molecule has 4 aromatic rings. The molecule has 0 atom stereocenters. The van der Waals surface area contributed by atoms with Gasteiger partial charge in [-0.15, -0.1) is 15.3 Å². The van der Waals surface area contributed by atoms with E-state index < -0.39 is 18.1 Å². The summed E-state index contributed by atoms with van der Waals surface area (Å²) in [6.07, 6.45) is 2.45. The van der Waals surface area contributed by atoms with Crippen molar-refractivity contribution in [3.63, 3.8) is 0 Å². The number of alkyl halides is 2. The third kappa shape index (κ3) is 8.11. The third-order valence-corrected chi connectivity index (χ3v) is 6.40. The van der Waals surface area contributed by atoms with E-state index in [2.05, 4.69) is 37.3 Å². The summed E-state index contributed by atoms with van der Waals surface area (Å²) in [5, 5.41) is 15.7. The molecule has 1 saturated heterocycles. The van der Waals surface area contributed by atoms with Crippen LogP contribution in [0.2, 0.25) is 5.02 Å². The summed E-state index contributed by atoms with van der Waals surface area (Å²) in [4.78, 5) is 6.50. The Morgan fingerprint density at radius 2 is 1.70 bits per heavy atom. The second-order valence-corrected chi connectivity index (χ2v) is 9.44. The average Bonchev–Trinajstić information content (AvgIpc) is 3.64. The third-order valence-electron chi connectivity index (χ3n) is 6.18. The number of piperidine rings is 1. The van der Waals surface area contributed by atoms with Crippen molar-refractivity contribution in [1.82, 2.24) is 35.1 Å². The topological polar surface area (TPSA) is 85.8 Å². The summed E-state index contributed by atoms with van der Waals surface area (Å²) in [5.74, 6) is -0.970. The molecule has 0 saturated carbocycles. The Morgan fingerprint density at radius 1 is 0.975 bits per heavy atom. The number of nitrogens with zero attached hydrogens (tertiary/aromatic N) is 7. The minimum Gasteiger partial charge on any atom is -0.415 e. The van der Waals surface area contributed by atoms with Gasteiger partial charge in [-0.25, -0.2) is 9.07 Å². The standard InChI is InChI=1S/C24H23ClF3N7O.2C2H6/c1-14-2-4-34(5-3-14)11-15-6-16(8-18(25)7-15)20-12-35(33-30-20)13-21-19(26)9-17(10-29-21)23-31-32-24(36-23)22(27)28;2*1-2/h6-10,12,14,22H,2-5,11,13H2,1H3;2*1-2H3. The predicted octanol–water partition coefficient (Wildman–Crippen LogP) is 7.45. The number of benzene rings is 1. The second-order valence-electron chi connectivity index (χ2n) is 9.01. The molecule has 0 bridgehead atoms. The number of aromatic nitrogens is 6. The minimum atomic E-state index is -2.91. The van der Waals surface area contributed by atoms with Crippen molar-refractivity contribution in [3.05, 3.63) is 64.6 Å². The van der Waals surface area contributed by atoms with Crippen LogP contribution in [0.15, 0.2) is 41.1 Å². The van der Waals surface area contributed by atoms with Gasteiger partial charge < -0.3 is 4.42 Å². The summed E-state index contributed by atoms with van der Waals surface area (Å²) in [5.41, 5.74) is 2.72. The molecule has 0 radical (unpaired) electrons. The summed E-state index contributed by atoms with van der Waals surface area (Å²) in [6, 6.07) is 6.93. The summed E-state index contributed by atoms with van der Waals surface area (Å²) >= 11 is 6.39. The van der Waals surface area contributed by atoms with E-state index in [9.17, 15) is 13.2 Å². The van der Waals surface area contributed by atoms with Gasteiger partial charge in [-0.05, 0) is 61.7 Å². The molecule has 5 rings (SSSR count). The van der Waals surface area contributed by atoms with E-state index in [-0.39, 0.29) is 23.7 Å². The Bertz CT molecular complexity index is 1350. The number of hydrogen-bond donors (Lipinski definition) is 0. The normalized spacial score (nSPS) is 13.9. The van der Waals surface area contributed by atoms with Crippen LogP contribution in [0.25, 0.3) is 22.7 Å². The summed E-state index contributed by atoms with van der Waals surface area (Å²) in [6.45, 7) is 13.2. The van der Waals surface area contributed by atoms with Crippen LogP contribution in [0, 0.1) is 11.7 Å². The Balaban J connectivity index is 0.00000106. The lowest BCUT2D eigenvalue weighted by atomic mass is 9.98. The van der Waals surface area contributed by atoms with Crippen LogP contribution in [0.5, 0.6) is 0 Å². The van der Waals surface area contributed by atoms with Gasteiger partial charge in [0.15, 0.2) is 0 Å². The van der Waals surface area contributed by atoms with E-state index in [1.165, 1.54) is 23.7 Å². The molecule has 1 aliphatic rings. The molecule has 0 unspecified atom stereocenters. The van der Waals surface area contributed by atoms with Gasteiger partial charge in [0, 0.05) is 23.3 Å². The molecule has 0 N–H and O–H groups in total. The van der Waals surface area contributed by atoms with Crippen LogP contribution in [0.4, 0.5) is 13.2 Å². The number of pyridine rings is 1. The maximum absolute atomic E-state index is 14.7. The minimum absolute atomic E-state index is 0.0185.